The van der Waals surface area contributed by atoms with E-state index in [9.17, 15) is 0 Å². The van der Waals surface area contributed by atoms with Crippen LogP contribution in [0.25, 0.3) is 78.7 Å². The lowest BCUT2D eigenvalue weighted by Gasteiger charge is -2.13. The zero-order valence-corrected chi connectivity index (χ0v) is 27.3. The van der Waals surface area contributed by atoms with E-state index in [0.717, 1.165) is 29.5 Å². The predicted molar refractivity (Wildman–Crippen MR) is 203 cm³/mol. The summed E-state index contributed by atoms with van der Waals surface area (Å²) in [7, 11) is 0. The van der Waals surface area contributed by atoms with E-state index < -0.39 is 0 Å². The molecule has 10 rings (SSSR count). The lowest BCUT2D eigenvalue weighted by molar-refractivity contribution is 1.07. The van der Waals surface area contributed by atoms with E-state index in [1.54, 1.807) is 0 Å². The van der Waals surface area contributed by atoms with Crippen LogP contribution in [-0.2, 0) is 12.8 Å². The summed E-state index contributed by atoms with van der Waals surface area (Å²) in [6.45, 7) is 0. The normalized spacial score (nSPS) is 12.2. The van der Waals surface area contributed by atoms with Crippen molar-refractivity contribution in [2.75, 3.05) is 0 Å². The number of rotatable bonds is 5. The van der Waals surface area contributed by atoms with Crippen LogP contribution in [0.15, 0.2) is 164 Å². The lowest BCUT2D eigenvalue weighted by Crippen LogP contribution is -2.00. The third-order valence-corrected chi connectivity index (χ3v) is 10.3. The first-order valence-corrected chi connectivity index (χ1v) is 17.2. The molecule has 0 saturated heterocycles. The average Bonchev–Trinajstić information content (AvgIpc) is 3.77. The molecule has 0 N–H and O–H groups in total. The highest BCUT2D eigenvalue weighted by Crippen LogP contribution is 2.48. The first-order chi connectivity index (χ1) is 24.8. The molecule has 0 unspecified atom stereocenters. The highest BCUT2D eigenvalue weighted by atomic mass is 15.0. The molecule has 0 bridgehead atoms. The molecule has 50 heavy (non-hydrogen) atoms. The van der Waals surface area contributed by atoms with E-state index in [4.69, 9.17) is 15.0 Å². The molecule has 2 aliphatic carbocycles. The smallest absolute Gasteiger partial charge is 0.164 e. The Morgan fingerprint density at radius 3 is 1.20 bits per heavy atom. The quantitative estimate of drug-likeness (QED) is 0.188. The maximum atomic E-state index is 5.00. The zero-order chi connectivity index (χ0) is 33.0. The SMILES string of the molecule is c1ccc(-c2nc(-c3ccccc3)nc(-c3ccc4c(c3)Cc3c-4cccc3-c3cccc4c3Cc3c(-c5ccccc5)cccc3-4)n2)cc1. The number of hydrogen-bond donors (Lipinski definition) is 0. The molecule has 3 heteroatoms. The van der Waals surface area contributed by atoms with E-state index in [-0.39, 0.29) is 0 Å². The maximum Gasteiger partial charge on any atom is 0.164 e. The topological polar surface area (TPSA) is 38.7 Å². The van der Waals surface area contributed by atoms with Crippen molar-refractivity contribution in [3.05, 3.63) is 186 Å². The Labute approximate surface area is 291 Å². The van der Waals surface area contributed by atoms with Gasteiger partial charge in [-0.2, -0.15) is 0 Å². The Morgan fingerprint density at radius 2 is 0.680 bits per heavy atom. The van der Waals surface area contributed by atoms with Gasteiger partial charge in [0.25, 0.3) is 0 Å². The fraction of sp³-hybridized carbons (Fsp3) is 0.0426. The summed E-state index contributed by atoms with van der Waals surface area (Å²) in [5.74, 6) is 2.04. The summed E-state index contributed by atoms with van der Waals surface area (Å²) in [4.78, 5) is 14.9. The van der Waals surface area contributed by atoms with Gasteiger partial charge in [0, 0.05) is 16.7 Å². The number of fused-ring (bicyclic) bond motifs is 6. The van der Waals surface area contributed by atoms with Gasteiger partial charge >= 0.3 is 0 Å². The molecule has 234 valence electrons. The minimum Gasteiger partial charge on any atom is -0.208 e. The lowest BCUT2D eigenvalue weighted by atomic mass is 9.90. The Hall–Kier alpha value is -6.45. The summed E-state index contributed by atoms with van der Waals surface area (Å²) in [5, 5.41) is 0. The van der Waals surface area contributed by atoms with Gasteiger partial charge in [0.2, 0.25) is 0 Å². The highest BCUT2D eigenvalue weighted by molar-refractivity contribution is 5.93. The zero-order valence-electron chi connectivity index (χ0n) is 27.3. The van der Waals surface area contributed by atoms with Gasteiger partial charge in [-0.15, -0.1) is 0 Å². The molecule has 0 amide bonds. The fourth-order valence-corrected chi connectivity index (χ4v) is 7.93. The van der Waals surface area contributed by atoms with Crippen LogP contribution < -0.4 is 0 Å². The van der Waals surface area contributed by atoms with Gasteiger partial charge in [-0.05, 0) is 85.7 Å². The molecule has 0 fully saturated rings. The second kappa shape index (κ2) is 11.6. The standard InChI is InChI=1S/C47H31N3/c1-4-13-30(14-5-1)35-19-10-21-39-41-24-12-23-40(44(41)29-43(35)39)38-22-11-20-37-36-26-25-33(27-34(36)28-42(37)38)47-49-45(31-15-6-2-7-16-31)48-46(50-47)32-17-8-3-9-18-32/h1-27H,28-29H2. The van der Waals surface area contributed by atoms with Gasteiger partial charge in [-0.1, -0.05) is 158 Å². The third kappa shape index (κ3) is 4.70. The summed E-state index contributed by atoms with van der Waals surface area (Å²) < 4.78 is 0. The largest absolute Gasteiger partial charge is 0.208 e. The molecular formula is C47H31N3. The molecule has 1 aromatic heterocycles. The van der Waals surface area contributed by atoms with E-state index in [0.29, 0.717) is 17.5 Å². The van der Waals surface area contributed by atoms with Gasteiger partial charge in [-0.3, -0.25) is 0 Å². The number of hydrogen-bond acceptors (Lipinski definition) is 3. The van der Waals surface area contributed by atoms with Crippen molar-refractivity contribution in [2.45, 2.75) is 12.8 Å². The summed E-state index contributed by atoms with van der Waals surface area (Å²) in [6.07, 6.45) is 1.79. The Morgan fingerprint density at radius 1 is 0.280 bits per heavy atom. The van der Waals surface area contributed by atoms with Crippen molar-refractivity contribution in [3.8, 4) is 78.7 Å². The molecular weight excluding hydrogens is 607 g/mol. The molecule has 2 aliphatic rings. The van der Waals surface area contributed by atoms with Crippen molar-refractivity contribution in [1.82, 2.24) is 15.0 Å². The van der Waals surface area contributed by atoms with Gasteiger partial charge in [0.1, 0.15) is 0 Å². The van der Waals surface area contributed by atoms with Crippen molar-refractivity contribution in [3.63, 3.8) is 0 Å². The number of nitrogens with zero attached hydrogens (tertiary/aromatic N) is 3. The van der Waals surface area contributed by atoms with E-state index >= 15 is 0 Å². The van der Waals surface area contributed by atoms with Gasteiger partial charge in [-0.25, -0.2) is 15.0 Å². The Balaban J connectivity index is 1.04. The van der Waals surface area contributed by atoms with Crippen LogP contribution in [0.4, 0.5) is 0 Å². The van der Waals surface area contributed by atoms with Crippen molar-refractivity contribution < 1.29 is 0 Å². The summed E-state index contributed by atoms with van der Waals surface area (Å²) in [5.41, 5.74) is 19.0. The average molecular weight is 638 g/mol. The van der Waals surface area contributed by atoms with E-state index in [1.807, 2.05) is 36.4 Å². The van der Waals surface area contributed by atoms with Crippen LogP contribution in [0.5, 0.6) is 0 Å². The molecule has 0 aliphatic heterocycles. The van der Waals surface area contributed by atoms with Gasteiger partial charge in [0.15, 0.2) is 17.5 Å². The Bertz CT molecular complexity index is 2520. The van der Waals surface area contributed by atoms with Crippen LogP contribution in [0.2, 0.25) is 0 Å². The first-order valence-electron chi connectivity index (χ1n) is 17.2. The molecule has 7 aromatic carbocycles. The molecule has 0 spiro atoms. The minimum absolute atomic E-state index is 0.676. The number of benzene rings is 7. The van der Waals surface area contributed by atoms with E-state index in [1.165, 1.54) is 66.8 Å². The fourth-order valence-electron chi connectivity index (χ4n) is 7.93. The van der Waals surface area contributed by atoms with Crippen molar-refractivity contribution in [1.29, 1.82) is 0 Å². The van der Waals surface area contributed by atoms with Crippen LogP contribution >= 0.6 is 0 Å². The minimum atomic E-state index is 0.676. The van der Waals surface area contributed by atoms with Gasteiger partial charge in [0.05, 0.1) is 0 Å². The van der Waals surface area contributed by atoms with Crippen LogP contribution in [0.3, 0.4) is 0 Å². The predicted octanol–water partition coefficient (Wildman–Crippen LogP) is 11.3. The van der Waals surface area contributed by atoms with Crippen molar-refractivity contribution in [2.24, 2.45) is 0 Å². The second-order valence-corrected chi connectivity index (χ2v) is 13.1. The van der Waals surface area contributed by atoms with Crippen molar-refractivity contribution >= 4 is 0 Å². The second-order valence-electron chi connectivity index (χ2n) is 13.1. The highest BCUT2D eigenvalue weighted by Gasteiger charge is 2.28. The third-order valence-electron chi connectivity index (χ3n) is 10.3. The van der Waals surface area contributed by atoms with Crippen LogP contribution in [0.1, 0.15) is 22.3 Å². The molecule has 0 radical (unpaired) electrons. The molecule has 0 saturated carbocycles. The number of aromatic nitrogens is 3. The maximum absolute atomic E-state index is 5.00. The monoisotopic (exact) mass is 637 g/mol. The summed E-state index contributed by atoms with van der Waals surface area (Å²) in [6, 6.07) is 58.2. The summed E-state index contributed by atoms with van der Waals surface area (Å²) >= 11 is 0. The Kier molecular flexibility index (Phi) is 6.63. The molecule has 8 aromatic rings. The molecule has 3 nitrogen and oxygen atoms in total. The van der Waals surface area contributed by atoms with Gasteiger partial charge < -0.3 is 0 Å². The van der Waals surface area contributed by atoms with E-state index in [2.05, 4.69) is 127 Å². The van der Waals surface area contributed by atoms with Crippen LogP contribution in [0, 0.1) is 0 Å². The van der Waals surface area contributed by atoms with Crippen LogP contribution in [-0.4, -0.2) is 15.0 Å². The molecule has 1 heterocycles. The molecule has 0 atom stereocenters. The first kappa shape index (κ1) is 28.6.